The Morgan fingerprint density at radius 2 is 2.00 bits per heavy atom. The second-order valence-electron chi connectivity index (χ2n) is 5.43. The molecule has 0 aliphatic carbocycles. The number of aryl methyl sites for hydroxylation is 1. The van der Waals surface area contributed by atoms with Crippen LogP contribution in [0.25, 0.3) is 0 Å². The van der Waals surface area contributed by atoms with Crippen LogP contribution in [0, 0.1) is 12.3 Å². The largest absolute Gasteiger partial charge is 0.481 e. The van der Waals surface area contributed by atoms with Crippen LogP contribution in [0.3, 0.4) is 0 Å². The monoisotopic (exact) mass is 339 g/mol. The van der Waals surface area contributed by atoms with Gasteiger partial charge in [0.2, 0.25) is 0 Å². The molecule has 0 saturated carbocycles. The number of benzene rings is 1. The van der Waals surface area contributed by atoms with E-state index in [1.807, 2.05) is 19.1 Å². The van der Waals surface area contributed by atoms with Crippen LogP contribution < -0.4 is 10.3 Å². The van der Waals surface area contributed by atoms with Crippen LogP contribution in [0.4, 0.5) is 0 Å². The van der Waals surface area contributed by atoms with Crippen LogP contribution in [-0.2, 0) is 16.1 Å². The van der Waals surface area contributed by atoms with Crippen molar-refractivity contribution in [3.8, 4) is 18.1 Å². The number of esters is 1. The molecule has 0 aliphatic rings. The first-order valence-corrected chi connectivity index (χ1v) is 8.15. The number of ether oxygens (including phenoxy) is 2. The third kappa shape index (κ3) is 5.54. The molecule has 0 radical (unpaired) electrons. The highest BCUT2D eigenvalue weighted by atomic mass is 16.5. The van der Waals surface area contributed by atoms with Gasteiger partial charge in [-0.2, -0.15) is 0 Å². The molecule has 1 unspecified atom stereocenters. The molecule has 1 aromatic heterocycles. The minimum atomic E-state index is -0.338. The van der Waals surface area contributed by atoms with E-state index in [0.717, 1.165) is 5.56 Å². The minimum Gasteiger partial charge on any atom is -0.481 e. The summed E-state index contributed by atoms with van der Waals surface area (Å²) < 4.78 is 12.4. The van der Waals surface area contributed by atoms with Gasteiger partial charge in [-0.3, -0.25) is 9.59 Å². The van der Waals surface area contributed by atoms with Crippen LogP contribution in [0.5, 0.6) is 5.75 Å². The standard InChI is InChI=1S/C20H21NO4/c1-3-15-24-17-10-8-16(9-11-17)18(4-2)25-20(23)12-14-21-13-6-5-7-19(21)22/h1,5-11,13,18H,4,12,14-15H2,2H3. The van der Waals surface area contributed by atoms with E-state index < -0.39 is 0 Å². The molecule has 1 aromatic carbocycles. The van der Waals surface area contributed by atoms with Gasteiger partial charge in [0, 0.05) is 18.8 Å². The molecule has 5 nitrogen and oxygen atoms in total. The van der Waals surface area contributed by atoms with E-state index in [4.69, 9.17) is 15.9 Å². The maximum absolute atomic E-state index is 12.1. The lowest BCUT2D eigenvalue weighted by atomic mass is 10.1. The summed E-state index contributed by atoms with van der Waals surface area (Å²) in [6, 6.07) is 12.2. The molecule has 25 heavy (non-hydrogen) atoms. The second-order valence-corrected chi connectivity index (χ2v) is 5.43. The van der Waals surface area contributed by atoms with Crippen LogP contribution in [0.15, 0.2) is 53.5 Å². The van der Waals surface area contributed by atoms with Crippen molar-refractivity contribution in [1.82, 2.24) is 4.57 Å². The number of nitrogens with zero attached hydrogens (tertiary/aromatic N) is 1. The number of terminal acetylenes is 1. The molecule has 2 aromatic rings. The first-order valence-electron chi connectivity index (χ1n) is 8.15. The zero-order chi connectivity index (χ0) is 18.1. The quantitative estimate of drug-likeness (QED) is 0.548. The first-order chi connectivity index (χ1) is 12.1. The molecule has 0 fully saturated rings. The maximum Gasteiger partial charge on any atom is 0.308 e. The molecular weight excluding hydrogens is 318 g/mol. The van der Waals surface area contributed by atoms with Crippen LogP contribution in [0.1, 0.15) is 31.4 Å². The first kappa shape index (κ1) is 18.3. The summed E-state index contributed by atoms with van der Waals surface area (Å²) in [5.41, 5.74) is 0.755. The fourth-order valence-electron chi connectivity index (χ4n) is 2.37. The molecule has 1 heterocycles. The van der Waals surface area contributed by atoms with Crippen molar-refractivity contribution in [3.63, 3.8) is 0 Å². The zero-order valence-electron chi connectivity index (χ0n) is 14.2. The molecule has 1 atom stereocenters. The molecule has 0 N–H and O–H groups in total. The number of carbonyl (C=O) groups is 1. The Morgan fingerprint density at radius 1 is 1.24 bits per heavy atom. The van der Waals surface area contributed by atoms with E-state index in [-0.39, 0.29) is 30.7 Å². The van der Waals surface area contributed by atoms with Crippen molar-refractivity contribution in [1.29, 1.82) is 0 Å². The molecule has 5 heteroatoms. The summed E-state index contributed by atoms with van der Waals surface area (Å²) in [6.45, 7) is 2.46. The van der Waals surface area contributed by atoms with Crippen molar-refractivity contribution in [2.24, 2.45) is 0 Å². The molecule has 0 aliphatic heterocycles. The molecule has 0 amide bonds. The second kappa shape index (κ2) is 9.33. The average molecular weight is 339 g/mol. The summed E-state index contributed by atoms with van der Waals surface area (Å²) in [5, 5.41) is 0. The molecule has 130 valence electrons. The van der Waals surface area contributed by atoms with Crippen molar-refractivity contribution in [2.45, 2.75) is 32.4 Å². The fourth-order valence-corrected chi connectivity index (χ4v) is 2.37. The highest BCUT2D eigenvalue weighted by molar-refractivity contribution is 5.69. The van der Waals surface area contributed by atoms with E-state index in [1.165, 1.54) is 10.6 Å². The van der Waals surface area contributed by atoms with E-state index >= 15 is 0 Å². The summed E-state index contributed by atoms with van der Waals surface area (Å²) in [6.07, 6.45) is 7.28. The van der Waals surface area contributed by atoms with Gasteiger partial charge in [-0.1, -0.05) is 31.0 Å². The van der Waals surface area contributed by atoms with E-state index in [1.54, 1.807) is 30.5 Å². The minimum absolute atomic E-state index is 0.134. The lowest BCUT2D eigenvalue weighted by Crippen LogP contribution is -2.20. The Kier molecular flexibility index (Phi) is 6.85. The van der Waals surface area contributed by atoms with Gasteiger partial charge < -0.3 is 14.0 Å². The smallest absolute Gasteiger partial charge is 0.308 e. The Hall–Kier alpha value is -3.00. The summed E-state index contributed by atoms with van der Waals surface area (Å²) in [4.78, 5) is 23.7. The van der Waals surface area contributed by atoms with Gasteiger partial charge in [-0.05, 0) is 30.2 Å². The zero-order valence-corrected chi connectivity index (χ0v) is 14.2. The Morgan fingerprint density at radius 3 is 2.64 bits per heavy atom. The molecule has 0 bridgehead atoms. The van der Waals surface area contributed by atoms with Crippen LogP contribution in [-0.4, -0.2) is 17.1 Å². The average Bonchev–Trinajstić information content (AvgIpc) is 2.64. The number of aromatic nitrogens is 1. The number of carbonyl (C=O) groups excluding carboxylic acids is 1. The molecule has 0 spiro atoms. The summed E-state index contributed by atoms with van der Waals surface area (Å²) in [7, 11) is 0. The normalized spacial score (nSPS) is 11.4. The summed E-state index contributed by atoms with van der Waals surface area (Å²) in [5.74, 6) is 2.74. The van der Waals surface area contributed by atoms with Gasteiger partial charge in [0.05, 0.1) is 6.42 Å². The lowest BCUT2D eigenvalue weighted by molar-refractivity contribution is -0.150. The van der Waals surface area contributed by atoms with Crippen molar-refractivity contribution >= 4 is 5.97 Å². The molecule has 2 rings (SSSR count). The molecule has 0 saturated heterocycles. The Balaban J connectivity index is 1.92. The molecular formula is C20H21NO4. The fraction of sp³-hybridized carbons (Fsp3) is 0.300. The van der Waals surface area contributed by atoms with Gasteiger partial charge in [-0.25, -0.2) is 0 Å². The van der Waals surface area contributed by atoms with E-state index in [9.17, 15) is 9.59 Å². The predicted octanol–water partition coefficient (Wildman–Crippen LogP) is 2.94. The highest BCUT2D eigenvalue weighted by Gasteiger charge is 2.15. The van der Waals surface area contributed by atoms with Gasteiger partial charge in [-0.15, -0.1) is 6.42 Å². The Bertz CT molecular complexity index is 786. The third-order valence-electron chi connectivity index (χ3n) is 3.67. The Labute approximate surface area is 147 Å². The number of hydrogen-bond acceptors (Lipinski definition) is 4. The van der Waals surface area contributed by atoms with Gasteiger partial charge in [0.1, 0.15) is 18.5 Å². The van der Waals surface area contributed by atoms with Crippen molar-refractivity contribution in [3.05, 3.63) is 64.6 Å². The van der Waals surface area contributed by atoms with Crippen LogP contribution >= 0.6 is 0 Å². The number of rotatable bonds is 8. The SMILES string of the molecule is C#CCOc1ccc(C(CC)OC(=O)CCn2ccccc2=O)cc1. The third-order valence-corrected chi connectivity index (χ3v) is 3.67. The number of hydrogen-bond donors (Lipinski definition) is 0. The van der Waals surface area contributed by atoms with Crippen molar-refractivity contribution in [2.75, 3.05) is 6.61 Å². The highest BCUT2D eigenvalue weighted by Crippen LogP contribution is 2.24. The van der Waals surface area contributed by atoms with Gasteiger partial charge >= 0.3 is 5.97 Å². The van der Waals surface area contributed by atoms with Gasteiger partial charge in [0.15, 0.2) is 0 Å². The van der Waals surface area contributed by atoms with E-state index in [0.29, 0.717) is 18.7 Å². The topological polar surface area (TPSA) is 57.5 Å². The van der Waals surface area contributed by atoms with Gasteiger partial charge in [0.25, 0.3) is 5.56 Å². The van der Waals surface area contributed by atoms with Crippen LogP contribution in [0.2, 0.25) is 0 Å². The predicted molar refractivity (Wildman–Crippen MR) is 95.2 cm³/mol. The van der Waals surface area contributed by atoms with E-state index in [2.05, 4.69) is 5.92 Å². The maximum atomic E-state index is 12.1. The summed E-state index contributed by atoms with van der Waals surface area (Å²) >= 11 is 0. The lowest BCUT2D eigenvalue weighted by Gasteiger charge is -2.17. The van der Waals surface area contributed by atoms with Crippen molar-refractivity contribution < 1.29 is 14.3 Å². The number of pyridine rings is 1.